The molecule has 90 valence electrons. The fourth-order valence-corrected chi connectivity index (χ4v) is 1.75. The highest BCUT2D eigenvalue weighted by Crippen LogP contribution is 2.22. The minimum absolute atomic E-state index is 0.492. The zero-order valence-electron chi connectivity index (χ0n) is 10.9. The smallest absolute Gasteiger partial charge is 0.00170 e. The van der Waals surface area contributed by atoms with Gasteiger partial charge in [0.25, 0.3) is 0 Å². The Labute approximate surface area is 105 Å². The minimum atomic E-state index is 0.492. The van der Waals surface area contributed by atoms with Crippen molar-refractivity contribution in [3.8, 4) is 0 Å². The average molecular weight is 226 g/mol. The van der Waals surface area contributed by atoms with Gasteiger partial charge in [0, 0.05) is 5.92 Å². The Kier molecular flexibility index (Phi) is 6.09. The number of hydrogen-bond acceptors (Lipinski definition) is 0. The summed E-state index contributed by atoms with van der Waals surface area (Å²) in [4.78, 5) is 0. The first kappa shape index (κ1) is 13.5. The summed E-state index contributed by atoms with van der Waals surface area (Å²) < 4.78 is 0. The van der Waals surface area contributed by atoms with E-state index < -0.39 is 0 Å². The standard InChI is InChI=1S/C17H22/c1-4-5-6-9-12-15(2)16(3)17-13-10-7-8-11-14-17/h4-7,10-14,16H,1,8-9H2,2-3H3/b6-5-,15-12+. The van der Waals surface area contributed by atoms with E-state index in [9.17, 15) is 0 Å². The molecule has 0 saturated heterocycles. The van der Waals surface area contributed by atoms with Crippen LogP contribution in [-0.2, 0) is 0 Å². The van der Waals surface area contributed by atoms with Crippen LogP contribution < -0.4 is 0 Å². The molecule has 0 fully saturated rings. The van der Waals surface area contributed by atoms with Gasteiger partial charge < -0.3 is 0 Å². The van der Waals surface area contributed by atoms with Crippen molar-refractivity contribution in [2.75, 3.05) is 0 Å². The fourth-order valence-electron chi connectivity index (χ4n) is 1.75. The van der Waals surface area contributed by atoms with Crippen molar-refractivity contribution in [3.63, 3.8) is 0 Å². The minimum Gasteiger partial charge on any atom is -0.0991 e. The normalized spacial score (nSPS) is 18.0. The average Bonchev–Trinajstić information content (AvgIpc) is 2.62. The second-order valence-corrected chi connectivity index (χ2v) is 4.30. The maximum absolute atomic E-state index is 3.66. The van der Waals surface area contributed by atoms with Gasteiger partial charge in [-0.1, -0.05) is 73.8 Å². The summed E-state index contributed by atoms with van der Waals surface area (Å²) >= 11 is 0. The summed E-state index contributed by atoms with van der Waals surface area (Å²) in [6.45, 7) is 8.13. The van der Waals surface area contributed by atoms with Crippen molar-refractivity contribution in [1.82, 2.24) is 0 Å². The molecular weight excluding hydrogens is 204 g/mol. The quantitative estimate of drug-likeness (QED) is 0.449. The van der Waals surface area contributed by atoms with Crippen molar-refractivity contribution >= 4 is 0 Å². The van der Waals surface area contributed by atoms with Crippen molar-refractivity contribution in [3.05, 3.63) is 72.4 Å². The molecule has 0 aromatic heterocycles. The van der Waals surface area contributed by atoms with E-state index >= 15 is 0 Å². The third kappa shape index (κ3) is 4.86. The monoisotopic (exact) mass is 226 g/mol. The van der Waals surface area contributed by atoms with Crippen molar-refractivity contribution in [2.45, 2.75) is 26.7 Å². The van der Waals surface area contributed by atoms with Crippen molar-refractivity contribution in [1.29, 1.82) is 0 Å². The lowest BCUT2D eigenvalue weighted by Crippen LogP contribution is -1.98. The first-order valence-corrected chi connectivity index (χ1v) is 6.23. The summed E-state index contributed by atoms with van der Waals surface area (Å²) in [6.07, 6.45) is 21.2. The van der Waals surface area contributed by atoms with Gasteiger partial charge in [-0.15, -0.1) is 0 Å². The Morgan fingerprint density at radius 3 is 3.06 bits per heavy atom. The molecule has 0 heteroatoms. The zero-order chi connectivity index (χ0) is 12.5. The number of allylic oxidation sites excluding steroid dienone is 11. The van der Waals surface area contributed by atoms with E-state index in [0.29, 0.717) is 5.92 Å². The van der Waals surface area contributed by atoms with E-state index in [2.05, 4.69) is 63.0 Å². The van der Waals surface area contributed by atoms with Gasteiger partial charge in [-0.25, -0.2) is 0 Å². The highest BCUT2D eigenvalue weighted by atomic mass is 14.1. The lowest BCUT2D eigenvalue weighted by Gasteiger charge is -2.13. The highest BCUT2D eigenvalue weighted by molar-refractivity contribution is 5.33. The predicted octanol–water partition coefficient (Wildman–Crippen LogP) is 5.14. The second kappa shape index (κ2) is 7.67. The first-order valence-electron chi connectivity index (χ1n) is 6.23. The van der Waals surface area contributed by atoms with Crippen LogP contribution in [0.5, 0.6) is 0 Å². The molecule has 1 atom stereocenters. The third-order valence-corrected chi connectivity index (χ3v) is 3.04. The van der Waals surface area contributed by atoms with Crippen LogP contribution in [0.1, 0.15) is 26.7 Å². The maximum Gasteiger partial charge on any atom is 0.00170 e. The van der Waals surface area contributed by atoms with Crippen LogP contribution in [-0.4, -0.2) is 0 Å². The molecule has 1 aliphatic rings. The topological polar surface area (TPSA) is 0 Å². The van der Waals surface area contributed by atoms with Crippen LogP contribution >= 0.6 is 0 Å². The summed E-state index contributed by atoms with van der Waals surface area (Å²) in [6, 6.07) is 0. The molecule has 17 heavy (non-hydrogen) atoms. The van der Waals surface area contributed by atoms with Crippen LogP contribution in [0.3, 0.4) is 0 Å². The number of rotatable bonds is 5. The van der Waals surface area contributed by atoms with E-state index in [1.54, 1.807) is 0 Å². The van der Waals surface area contributed by atoms with E-state index in [-0.39, 0.29) is 0 Å². The lowest BCUT2D eigenvalue weighted by atomic mass is 9.92. The highest BCUT2D eigenvalue weighted by Gasteiger charge is 2.07. The Balaban J connectivity index is 2.65. The first-order chi connectivity index (χ1) is 8.25. The largest absolute Gasteiger partial charge is 0.0991 e. The summed E-state index contributed by atoms with van der Waals surface area (Å²) in [5, 5.41) is 0. The van der Waals surface area contributed by atoms with E-state index in [1.165, 1.54) is 11.1 Å². The van der Waals surface area contributed by atoms with Gasteiger partial charge in [-0.3, -0.25) is 0 Å². The summed E-state index contributed by atoms with van der Waals surface area (Å²) in [7, 11) is 0. The van der Waals surface area contributed by atoms with Gasteiger partial charge in [-0.05, 0) is 25.3 Å². The van der Waals surface area contributed by atoms with E-state index in [4.69, 9.17) is 0 Å². The molecule has 1 aliphatic carbocycles. The predicted molar refractivity (Wildman–Crippen MR) is 77.9 cm³/mol. The molecule has 0 amide bonds. The summed E-state index contributed by atoms with van der Waals surface area (Å²) in [5.74, 6) is 0.492. The van der Waals surface area contributed by atoms with E-state index in [0.717, 1.165) is 12.8 Å². The third-order valence-electron chi connectivity index (χ3n) is 3.04. The lowest BCUT2D eigenvalue weighted by molar-refractivity contribution is 0.817. The molecule has 1 unspecified atom stereocenters. The Morgan fingerprint density at radius 2 is 2.29 bits per heavy atom. The molecule has 0 aromatic carbocycles. The maximum atomic E-state index is 3.66. The van der Waals surface area contributed by atoms with Crippen LogP contribution in [0.25, 0.3) is 0 Å². The van der Waals surface area contributed by atoms with Crippen LogP contribution in [0.2, 0.25) is 0 Å². The van der Waals surface area contributed by atoms with Crippen LogP contribution in [0, 0.1) is 5.92 Å². The number of hydrogen-bond donors (Lipinski definition) is 0. The fraction of sp³-hybridized carbons (Fsp3) is 0.294. The molecule has 0 nitrogen and oxygen atoms in total. The SMILES string of the molecule is C=C/C=C\C/C=C(\C)C(C)C1=CC=CCC=C1. The van der Waals surface area contributed by atoms with Gasteiger partial charge >= 0.3 is 0 Å². The molecule has 0 radical (unpaired) electrons. The summed E-state index contributed by atoms with van der Waals surface area (Å²) in [5.41, 5.74) is 2.81. The van der Waals surface area contributed by atoms with Crippen molar-refractivity contribution < 1.29 is 0 Å². The Morgan fingerprint density at radius 1 is 1.47 bits per heavy atom. The molecule has 1 rings (SSSR count). The molecular formula is C17H22. The van der Waals surface area contributed by atoms with Gasteiger partial charge in [0.15, 0.2) is 0 Å². The van der Waals surface area contributed by atoms with Gasteiger partial charge in [0.2, 0.25) is 0 Å². The molecule has 0 bridgehead atoms. The van der Waals surface area contributed by atoms with Gasteiger partial charge in [-0.2, -0.15) is 0 Å². The Bertz CT molecular complexity index is 386. The van der Waals surface area contributed by atoms with Crippen molar-refractivity contribution in [2.24, 2.45) is 5.92 Å². The zero-order valence-corrected chi connectivity index (χ0v) is 10.9. The van der Waals surface area contributed by atoms with Crippen LogP contribution in [0.4, 0.5) is 0 Å². The molecule has 0 heterocycles. The molecule has 0 spiro atoms. The second-order valence-electron chi connectivity index (χ2n) is 4.30. The van der Waals surface area contributed by atoms with Crippen LogP contribution in [0.15, 0.2) is 72.4 Å². The molecule has 0 aromatic rings. The molecule has 0 aliphatic heterocycles. The molecule has 0 saturated carbocycles. The Hall–Kier alpha value is -1.56. The molecule has 0 N–H and O–H groups in total. The van der Waals surface area contributed by atoms with E-state index in [1.807, 2.05) is 12.2 Å². The van der Waals surface area contributed by atoms with Gasteiger partial charge in [0.05, 0.1) is 0 Å². The van der Waals surface area contributed by atoms with Gasteiger partial charge in [0.1, 0.15) is 0 Å².